The van der Waals surface area contributed by atoms with Crippen LogP contribution >= 0.6 is 15.9 Å². The SMILES string of the molecule is Brc1ccc2nc3c4cccnc4c4ncccc4c3nc2c1.C#CCO.OCC#Cc1ccc2nc3c4cccnc4c4ncccc4c3nc2c1.[CH3-].[Ru].[Ru].[W].c1cnc2c(c1)ccc1cccnc12.c1cnc2c(c1)ccc1cccnc12.c1cnc2c(c1)ccc1cccnc12.c1cnc2c(c1)ccc1cccnc12. The minimum Gasteiger partial charge on any atom is -0.384 e. The van der Waals surface area contributed by atoms with Crippen LogP contribution < -0.4 is 0 Å². The van der Waals surface area contributed by atoms with Crippen molar-refractivity contribution in [3.05, 3.63) is 322 Å². The summed E-state index contributed by atoms with van der Waals surface area (Å²) in [5.74, 6) is 7.56. The summed E-state index contributed by atoms with van der Waals surface area (Å²) in [7, 11) is 0. The van der Waals surface area contributed by atoms with E-state index in [2.05, 4.69) is 191 Å². The van der Waals surface area contributed by atoms with Crippen LogP contribution in [0.5, 0.6) is 0 Å². The number of aliphatic hydroxyl groups excluding tert-OH is 2. The molecule has 22 rings (SSSR count). The number of hydrogen-bond donors (Lipinski definition) is 2. The van der Waals surface area contributed by atoms with Crippen molar-refractivity contribution >= 4 is 191 Å². The van der Waals surface area contributed by atoms with Crippen molar-refractivity contribution in [3.8, 4) is 24.2 Å². The summed E-state index contributed by atoms with van der Waals surface area (Å²) in [5.41, 5.74) is 18.6. The first-order valence-electron chi connectivity index (χ1n) is 34.5. The monoisotopic (exact) mass is 1880 g/mol. The first-order valence-corrected chi connectivity index (χ1v) is 35.3. The van der Waals surface area contributed by atoms with E-state index in [9.17, 15) is 0 Å². The van der Waals surface area contributed by atoms with E-state index in [1.807, 2.05) is 139 Å². The Kier molecular flexibility index (Phi) is 26.4. The van der Waals surface area contributed by atoms with Crippen LogP contribution in [0, 0.1) is 31.6 Å². The molecule has 22 aromatic rings. The summed E-state index contributed by atoms with van der Waals surface area (Å²) < 4.78 is 0.989. The quantitative estimate of drug-likeness (QED) is 0.0471. The normalized spacial score (nSPS) is 10.5. The molecule has 2 N–H and O–H groups in total. The van der Waals surface area contributed by atoms with Gasteiger partial charge in [0.15, 0.2) is 0 Å². The van der Waals surface area contributed by atoms with Gasteiger partial charge in [0.1, 0.15) is 13.2 Å². The number of hydrogen-bond acceptors (Lipinski definition) is 18. The molecule has 14 heterocycles. The molecule has 0 saturated heterocycles. The molecule has 8 aromatic carbocycles. The Labute approximate surface area is 694 Å². The number of rotatable bonds is 0. The molecule has 0 bridgehead atoms. The summed E-state index contributed by atoms with van der Waals surface area (Å²) in [6, 6.07) is 75.8. The van der Waals surface area contributed by atoms with Gasteiger partial charge in [-0.1, -0.05) is 131 Å². The topological polar surface area (TPSA) is 247 Å². The molecule has 0 atom stereocenters. The van der Waals surface area contributed by atoms with Crippen molar-refractivity contribution in [2.75, 3.05) is 13.2 Å². The van der Waals surface area contributed by atoms with Crippen LogP contribution in [0.1, 0.15) is 5.56 Å². The fraction of sp³-hybridized carbons (Fsp3) is 0.0220. The van der Waals surface area contributed by atoms with E-state index in [4.69, 9.17) is 30.1 Å². The average Bonchev–Trinajstić information content (AvgIpc) is 0.740. The maximum absolute atomic E-state index is 8.89. The molecule has 22 heteroatoms. The van der Waals surface area contributed by atoms with Crippen molar-refractivity contribution in [1.29, 1.82) is 0 Å². The minimum absolute atomic E-state index is 0. The zero-order valence-electron chi connectivity index (χ0n) is 59.9. The number of pyridine rings is 12. The summed E-state index contributed by atoms with van der Waals surface area (Å²) in [6.45, 7) is -0.323. The molecule has 0 radical (unpaired) electrons. The van der Waals surface area contributed by atoms with Crippen LogP contribution in [0.25, 0.3) is 175 Å². The zero-order chi connectivity index (χ0) is 73.8. The van der Waals surface area contributed by atoms with Crippen LogP contribution in [-0.2, 0) is 60.0 Å². The van der Waals surface area contributed by atoms with Gasteiger partial charge in [-0.3, -0.25) is 59.8 Å². The Morgan fingerprint density at radius 2 is 0.487 bits per heavy atom. The second-order valence-corrected chi connectivity index (χ2v) is 25.4. The fourth-order valence-electron chi connectivity index (χ4n) is 12.9. The number of aromatic nitrogens is 16. The van der Waals surface area contributed by atoms with Crippen molar-refractivity contribution in [1.82, 2.24) is 79.7 Å². The molecule has 18 nitrogen and oxygen atoms in total. The predicted molar refractivity (Wildman–Crippen MR) is 447 cm³/mol. The fourth-order valence-corrected chi connectivity index (χ4v) is 13.3. The summed E-state index contributed by atoms with van der Waals surface area (Å²) >= 11 is 3.50. The van der Waals surface area contributed by atoms with Gasteiger partial charge in [0.05, 0.1) is 110 Å². The minimum atomic E-state index is -0.170. The van der Waals surface area contributed by atoms with Crippen molar-refractivity contribution < 1.29 is 70.2 Å². The number of halogens is 1. The van der Waals surface area contributed by atoms with E-state index in [1.54, 1.807) is 74.4 Å². The molecule has 14 aromatic heterocycles. The molecule has 0 amide bonds. The largest absolute Gasteiger partial charge is 0.384 e. The van der Waals surface area contributed by atoms with E-state index in [1.165, 1.54) is 0 Å². The number of terminal acetylenes is 1. The average molecular weight is 1880 g/mol. The van der Waals surface area contributed by atoms with Crippen LogP contribution in [0.15, 0.2) is 309 Å². The molecule has 0 aliphatic carbocycles. The van der Waals surface area contributed by atoms with Crippen LogP contribution in [0.3, 0.4) is 0 Å². The Morgan fingerprint density at radius 3 is 0.735 bits per heavy atom. The van der Waals surface area contributed by atoms with Crippen LogP contribution in [-0.4, -0.2) is 103 Å². The summed E-state index contributed by atoms with van der Waals surface area (Å²) in [5, 5.41) is 29.4. The zero-order valence-corrected chi connectivity index (χ0v) is 67.9. The van der Waals surface area contributed by atoms with Crippen molar-refractivity contribution in [2.24, 2.45) is 0 Å². The van der Waals surface area contributed by atoms with Gasteiger partial charge in [0.2, 0.25) is 0 Å². The van der Waals surface area contributed by atoms with Gasteiger partial charge in [-0.15, -0.1) is 6.42 Å². The Morgan fingerprint density at radius 1 is 0.265 bits per heavy atom. The Bertz CT molecular complexity index is 6690. The number of benzene rings is 8. The smallest absolute Gasteiger partial charge is 0.104 e. The van der Waals surface area contributed by atoms with Crippen LogP contribution in [0.2, 0.25) is 0 Å². The van der Waals surface area contributed by atoms with E-state index in [-0.39, 0.29) is 80.7 Å². The first-order chi connectivity index (χ1) is 53.9. The predicted octanol–water partition coefficient (Wildman–Crippen LogP) is 19.1. The van der Waals surface area contributed by atoms with Gasteiger partial charge in [-0.2, -0.15) is 0 Å². The van der Waals surface area contributed by atoms with E-state index >= 15 is 0 Å². The van der Waals surface area contributed by atoms with E-state index < -0.39 is 0 Å². The Hall–Kier alpha value is -12.7. The van der Waals surface area contributed by atoms with Gasteiger partial charge in [-0.25, -0.2) is 19.9 Å². The maximum atomic E-state index is 8.89. The van der Waals surface area contributed by atoms with Gasteiger partial charge in [0.25, 0.3) is 0 Å². The molecular formula is C91H60BrN16O2Ru2W-. The van der Waals surface area contributed by atoms with Gasteiger partial charge >= 0.3 is 0 Å². The second kappa shape index (κ2) is 37.4. The second-order valence-electron chi connectivity index (χ2n) is 24.5. The van der Waals surface area contributed by atoms with Gasteiger partial charge < -0.3 is 17.6 Å². The molecule has 0 aliphatic rings. The van der Waals surface area contributed by atoms with Crippen LogP contribution in [0.4, 0.5) is 0 Å². The summed E-state index contributed by atoms with van der Waals surface area (Å²) in [6.07, 6.45) is 26.0. The number of nitrogens with zero attached hydrogens (tertiary/aromatic N) is 16. The third-order valence-electron chi connectivity index (χ3n) is 17.8. The molecule has 113 heavy (non-hydrogen) atoms. The third-order valence-corrected chi connectivity index (χ3v) is 18.3. The molecule has 0 fully saturated rings. The molecule has 0 spiro atoms. The van der Waals surface area contributed by atoms with Crippen molar-refractivity contribution in [2.45, 2.75) is 0 Å². The molecule has 0 saturated carbocycles. The van der Waals surface area contributed by atoms with E-state index in [0.29, 0.717) is 0 Å². The van der Waals surface area contributed by atoms with Gasteiger partial charge in [-0.05, 0) is 133 Å². The van der Waals surface area contributed by atoms with Crippen molar-refractivity contribution in [3.63, 3.8) is 0 Å². The standard InChI is InChI=1S/C21H12N4O.C18H9BrN4.4C12H8N2.C3H4O.CH3.2Ru.W/c26-11-3-4-13-7-8-16-17(12-13)25-21-15-6-2-10-23-19(15)18-14(20(21)24-16)5-1-9-22-18;19-10-5-6-13-14(9-10)23-18-12-4-2-8-21-16(12)15-11(17(18)22-13)3-1-7-20-15;4*1-3-9-5-6-10-4-2-8-14-12(10)11(9)13-7-1;1-2-3-4;;;;/h1-2,5-10,12,26H,11H2;1-9H;4*1-8H;1,4H,3H2;1H3;;;/q;;;;;;;-1;;;. The molecule has 546 valence electrons. The first kappa shape index (κ1) is 79.9. The third kappa shape index (κ3) is 17.1. The maximum Gasteiger partial charge on any atom is 0.104 e. The number of aliphatic hydroxyl groups is 2. The molecular weight excluding hydrogens is 1810 g/mol. The number of fused-ring (bicyclic) bond motifs is 26. The van der Waals surface area contributed by atoms with E-state index in [0.717, 1.165) is 185 Å². The summed E-state index contributed by atoms with van der Waals surface area (Å²) in [4.78, 5) is 72.3. The molecule has 0 unspecified atom stereocenters. The Balaban J connectivity index is 0.000000126. The molecule has 0 aliphatic heterocycles. The van der Waals surface area contributed by atoms with Gasteiger partial charge in [0, 0.05) is 209 Å².